The number of hydrogen-bond acceptors (Lipinski definition) is 9. The average molecular weight is 642 g/mol. The zero-order valence-corrected chi connectivity index (χ0v) is 25.8. The van der Waals surface area contributed by atoms with Crippen molar-refractivity contribution in [3.05, 3.63) is 76.4 Å². The Labute approximate surface area is 262 Å². The number of tetrazole rings is 1. The molecule has 4 aromatic rings. The summed E-state index contributed by atoms with van der Waals surface area (Å²) < 4.78 is 6.06. The number of nitrogens with one attached hydrogen (secondary N) is 3. The van der Waals surface area contributed by atoms with Crippen LogP contribution in [0.5, 0.6) is 0 Å². The summed E-state index contributed by atoms with van der Waals surface area (Å²) in [6.45, 7) is 2.28. The predicted molar refractivity (Wildman–Crippen MR) is 165 cm³/mol. The second-order valence-corrected chi connectivity index (χ2v) is 10.3. The summed E-state index contributed by atoms with van der Waals surface area (Å²) in [4.78, 5) is 45.6. The highest BCUT2D eigenvalue weighted by molar-refractivity contribution is 6.32. The van der Waals surface area contributed by atoms with Crippen molar-refractivity contribution in [3.63, 3.8) is 0 Å². The monoisotopic (exact) mass is 640 g/mol. The molecule has 0 bridgehead atoms. The van der Waals surface area contributed by atoms with Crippen LogP contribution >= 0.6 is 23.2 Å². The summed E-state index contributed by atoms with van der Waals surface area (Å²) in [6, 6.07) is 11.0. The summed E-state index contributed by atoms with van der Waals surface area (Å²) in [7, 11) is 4.78. The molecule has 0 aliphatic carbocycles. The fourth-order valence-electron chi connectivity index (χ4n) is 4.31. The third-order valence-electron chi connectivity index (χ3n) is 6.36. The average Bonchev–Trinajstić information content (AvgIpc) is 3.66. The molecule has 2 heterocycles. The standard InChI is InChI=1S/C28H30Cl2N10O4/c1-5-40(38(2)3)24(42)15-21(27-34-25(26(30)35-27)17-6-10-20(11-7-17)32-28(43)44-4)33-23(41)13-8-18-14-19(29)9-12-22(18)39-16-31-36-37-39/h6-14,16,21H,5,15H2,1-4H3,(H,32,43)(H,33,41)(H,34,35)/t21-/m0/s1. The van der Waals surface area contributed by atoms with Gasteiger partial charge >= 0.3 is 6.09 Å². The number of nitrogens with zero attached hydrogens (tertiary/aromatic N) is 7. The van der Waals surface area contributed by atoms with Gasteiger partial charge in [-0.05, 0) is 53.8 Å². The van der Waals surface area contributed by atoms with Crippen LogP contribution in [0.25, 0.3) is 23.0 Å². The van der Waals surface area contributed by atoms with E-state index in [1.807, 2.05) is 6.92 Å². The number of hydrazine groups is 1. The van der Waals surface area contributed by atoms with E-state index in [4.69, 9.17) is 23.2 Å². The van der Waals surface area contributed by atoms with Gasteiger partial charge in [0.2, 0.25) is 11.8 Å². The molecule has 44 heavy (non-hydrogen) atoms. The van der Waals surface area contributed by atoms with Crippen molar-refractivity contribution in [2.75, 3.05) is 33.1 Å². The minimum absolute atomic E-state index is 0.107. The van der Waals surface area contributed by atoms with Gasteiger partial charge < -0.3 is 15.0 Å². The maximum atomic E-state index is 13.2. The number of aromatic amines is 1. The normalized spacial score (nSPS) is 11.9. The molecular formula is C28H30Cl2N10O4. The van der Waals surface area contributed by atoms with Gasteiger partial charge in [0.15, 0.2) is 0 Å². The number of benzene rings is 2. The molecule has 0 saturated carbocycles. The van der Waals surface area contributed by atoms with E-state index in [1.54, 1.807) is 67.6 Å². The van der Waals surface area contributed by atoms with Crippen molar-refractivity contribution in [2.24, 2.45) is 0 Å². The maximum Gasteiger partial charge on any atom is 0.411 e. The Morgan fingerprint density at radius 2 is 1.89 bits per heavy atom. The van der Waals surface area contributed by atoms with Gasteiger partial charge in [-0.1, -0.05) is 35.3 Å². The molecule has 3 N–H and O–H groups in total. The molecule has 0 aliphatic heterocycles. The highest BCUT2D eigenvalue weighted by Gasteiger charge is 2.26. The molecule has 0 fully saturated rings. The molecule has 4 rings (SSSR count). The Morgan fingerprint density at radius 3 is 2.52 bits per heavy atom. The molecule has 0 aliphatic rings. The first-order chi connectivity index (χ1) is 21.1. The van der Waals surface area contributed by atoms with Crippen LogP contribution < -0.4 is 10.6 Å². The Bertz CT molecular complexity index is 1640. The predicted octanol–water partition coefficient (Wildman–Crippen LogP) is 4.12. The number of H-pyrrole nitrogens is 1. The van der Waals surface area contributed by atoms with E-state index in [-0.39, 0.29) is 23.3 Å². The van der Waals surface area contributed by atoms with Crippen LogP contribution in [0.15, 0.2) is 54.9 Å². The maximum absolute atomic E-state index is 13.2. The van der Waals surface area contributed by atoms with E-state index in [0.29, 0.717) is 39.8 Å². The molecule has 0 radical (unpaired) electrons. The molecule has 1 atom stereocenters. The smallest absolute Gasteiger partial charge is 0.411 e. The highest BCUT2D eigenvalue weighted by Crippen LogP contribution is 2.30. The molecule has 2 aromatic heterocycles. The van der Waals surface area contributed by atoms with Crippen molar-refractivity contribution >= 4 is 52.9 Å². The van der Waals surface area contributed by atoms with Gasteiger partial charge in [0.05, 0.1) is 25.3 Å². The fourth-order valence-corrected chi connectivity index (χ4v) is 4.74. The Morgan fingerprint density at radius 1 is 1.14 bits per heavy atom. The molecule has 230 valence electrons. The number of aromatic nitrogens is 6. The largest absolute Gasteiger partial charge is 0.453 e. The van der Waals surface area contributed by atoms with E-state index in [2.05, 4.69) is 40.9 Å². The summed E-state index contributed by atoms with van der Waals surface area (Å²) in [5.41, 5.74) is 2.75. The van der Waals surface area contributed by atoms with Crippen molar-refractivity contribution in [1.29, 1.82) is 0 Å². The number of carbonyl (C=O) groups is 3. The van der Waals surface area contributed by atoms with Crippen LogP contribution in [0.2, 0.25) is 10.2 Å². The van der Waals surface area contributed by atoms with Crippen LogP contribution in [0.4, 0.5) is 10.5 Å². The number of halogens is 2. The quantitative estimate of drug-likeness (QED) is 0.162. The second kappa shape index (κ2) is 14.6. The minimum Gasteiger partial charge on any atom is -0.453 e. The zero-order valence-electron chi connectivity index (χ0n) is 24.3. The van der Waals surface area contributed by atoms with Gasteiger partial charge in [-0.2, -0.15) is 4.68 Å². The van der Waals surface area contributed by atoms with Crippen LogP contribution in [0, 0.1) is 0 Å². The van der Waals surface area contributed by atoms with E-state index in [0.717, 1.165) is 0 Å². The van der Waals surface area contributed by atoms with Gasteiger partial charge in [-0.15, -0.1) is 5.10 Å². The third kappa shape index (κ3) is 7.98. The number of ether oxygens (including phenoxy) is 1. The SMILES string of the molecule is CCN(C(=O)C[C@H](NC(=O)C=Cc1cc(Cl)ccc1-n1cnnn1)c1nc(-c2ccc(NC(=O)OC)cc2)c(Cl)[nH]1)N(C)C. The third-order valence-corrected chi connectivity index (χ3v) is 6.87. The lowest BCUT2D eigenvalue weighted by Gasteiger charge is -2.29. The second-order valence-electron chi connectivity index (χ2n) is 9.49. The van der Waals surface area contributed by atoms with Crippen LogP contribution in [-0.2, 0) is 14.3 Å². The summed E-state index contributed by atoms with van der Waals surface area (Å²) >= 11 is 12.7. The van der Waals surface area contributed by atoms with E-state index < -0.39 is 18.0 Å². The Hall–Kier alpha value is -4.79. The number of hydrogen-bond donors (Lipinski definition) is 3. The van der Waals surface area contributed by atoms with Crippen LogP contribution in [0.3, 0.4) is 0 Å². The van der Waals surface area contributed by atoms with Crippen LogP contribution in [-0.4, -0.2) is 85.9 Å². The Kier molecular flexibility index (Phi) is 10.7. The molecule has 0 spiro atoms. The number of imidazole rings is 1. The molecule has 3 amide bonds. The molecule has 0 saturated heterocycles. The number of carbonyl (C=O) groups excluding carboxylic acids is 3. The van der Waals surface area contributed by atoms with Gasteiger partial charge in [0, 0.05) is 48.6 Å². The van der Waals surface area contributed by atoms with Crippen molar-refractivity contribution in [1.82, 2.24) is 45.5 Å². The first-order valence-corrected chi connectivity index (χ1v) is 14.0. The van der Waals surface area contributed by atoms with Crippen molar-refractivity contribution in [2.45, 2.75) is 19.4 Å². The Balaban J connectivity index is 1.61. The summed E-state index contributed by atoms with van der Waals surface area (Å²) in [5.74, 6) is -0.454. The topological polar surface area (TPSA) is 163 Å². The lowest BCUT2D eigenvalue weighted by molar-refractivity contribution is -0.144. The number of anilines is 1. The number of methoxy groups -OCH3 is 1. The fraction of sp³-hybridized carbons (Fsp3) is 0.250. The van der Waals surface area contributed by atoms with Gasteiger partial charge in [0.1, 0.15) is 23.0 Å². The summed E-state index contributed by atoms with van der Waals surface area (Å²) in [5, 5.41) is 20.5. The zero-order chi connectivity index (χ0) is 31.8. The van der Waals surface area contributed by atoms with Gasteiger partial charge in [-0.25, -0.2) is 14.8 Å². The minimum atomic E-state index is -0.862. The van der Waals surface area contributed by atoms with Crippen molar-refractivity contribution < 1.29 is 19.1 Å². The molecule has 0 unspecified atom stereocenters. The number of amides is 3. The van der Waals surface area contributed by atoms with E-state index >= 15 is 0 Å². The molecule has 2 aromatic carbocycles. The molecule has 14 nitrogen and oxygen atoms in total. The van der Waals surface area contributed by atoms with Crippen molar-refractivity contribution in [3.8, 4) is 16.9 Å². The highest BCUT2D eigenvalue weighted by atomic mass is 35.5. The lowest BCUT2D eigenvalue weighted by atomic mass is 10.1. The van der Waals surface area contributed by atoms with Crippen LogP contribution in [0.1, 0.15) is 30.8 Å². The van der Waals surface area contributed by atoms with Gasteiger partial charge in [-0.3, -0.25) is 19.9 Å². The first kappa shape index (κ1) is 32.1. The van der Waals surface area contributed by atoms with E-state index in [9.17, 15) is 14.4 Å². The lowest BCUT2D eigenvalue weighted by Crippen LogP contribution is -2.43. The summed E-state index contributed by atoms with van der Waals surface area (Å²) in [6.07, 6.45) is 3.60. The molecular weight excluding hydrogens is 611 g/mol. The molecule has 16 heteroatoms. The van der Waals surface area contributed by atoms with Gasteiger partial charge in [0.25, 0.3) is 0 Å². The number of rotatable bonds is 11. The first-order valence-electron chi connectivity index (χ1n) is 13.3. The van der Waals surface area contributed by atoms with E-state index in [1.165, 1.54) is 29.2 Å².